The number of piperidine rings is 1. The lowest BCUT2D eigenvalue weighted by atomic mass is 9.67. The van der Waals surface area contributed by atoms with E-state index in [1.165, 1.54) is 0 Å². The molecule has 0 amide bonds. The minimum absolute atomic E-state index is 0.00302. The molecule has 0 spiro atoms. The highest BCUT2D eigenvalue weighted by atomic mass is 35.5. The van der Waals surface area contributed by atoms with Crippen LogP contribution in [0.1, 0.15) is 52.8 Å². The zero-order chi connectivity index (χ0) is 17.3. The maximum absolute atomic E-state index is 6.06. The first kappa shape index (κ1) is 18.8. The van der Waals surface area contributed by atoms with E-state index in [1.807, 2.05) is 0 Å². The summed E-state index contributed by atoms with van der Waals surface area (Å²) in [6, 6.07) is 0. The van der Waals surface area contributed by atoms with E-state index < -0.39 is 0 Å². The molecule has 0 saturated carbocycles. The molecule has 5 nitrogen and oxygen atoms in total. The summed E-state index contributed by atoms with van der Waals surface area (Å²) in [6.45, 7) is 10.8. The summed E-state index contributed by atoms with van der Waals surface area (Å²) in [5.74, 6) is 0.937. The first-order valence-corrected chi connectivity index (χ1v) is 9.03. The van der Waals surface area contributed by atoms with Gasteiger partial charge in [-0.3, -0.25) is 0 Å². The van der Waals surface area contributed by atoms with Gasteiger partial charge in [-0.05, 0) is 69.4 Å². The second-order valence-corrected chi connectivity index (χ2v) is 7.67. The smallest absolute Gasteiger partial charge is 0.226 e. The fourth-order valence-corrected chi connectivity index (χ4v) is 3.79. The van der Waals surface area contributed by atoms with Crippen molar-refractivity contribution in [2.24, 2.45) is 5.92 Å². The van der Waals surface area contributed by atoms with Crippen molar-refractivity contribution in [1.82, 2.24) is 25.2 Å². The largest absolute Gasteiger partial charge is 0.304 e. The third-order valence-electron chi connectivity index (χ3n) is 5.57. The van der Waals surface area contributed by atoms with Crippen molar-refractivity contribution in [3.05, 3.63) is 16.4 Å². The molecule has 0 aliphatic carbocycles. The summed E-state index contributed by atoms with van der Waals surface area (Å²) in [4.78, 5) is 15.1. The molecule has 1 N–H and O–H groups in total. The number of nitrogens with zero attached hydrogens (tertiary/aromatic N) is 4. The Labute approximate surface area is 149 Å². The van der Waals surface area contributed by atoms with Crippen molar-refractivity contribution in [1.29, 1.82) is 0 Å². The average molecular weight is 360 g/mol. The lowest BCUT2D eigenvalue weighted by Gasteiger charge is -2.55. The number of hydrogen-bond acceptors (Lipinski definition) is 5. The van der Waals surface area contributed by atoms with Crippen molar-refractivity contribution in [3.63, 3.8) is 0 Å². The number of rotatable bonds is 5. The van der Waals surface area contributed by atoms with E-state index in [9.17, 15) is 0 Å². The number of nitrogens with one attached hydrogen (secondary N) is 1. The molecule has 7 heteroatoms. The van der Waals surface area contributed by atoms with E-state index in [0.29, 0.717) is 5.82 Å². The molecule has 0 bridgehead atoms. The van der Waals surface area contributed by atoms with E-state index in [1.54, 1.807) is 0 Å². The van der Waals surface area contributed by atoms with Gasteiger partial charge in [0.05, 0.1) is 5.54 Å². The Kier molecular flexibility index (Phi) is 5.88. The fourth-order valence-electron chi connectivity index (χ4n) is 3.42. The van der Waals surface area contributed by atoms with Crippen LogP contribution >= 0.6 is 23.2 Å². The maximum Gasteiger partial charge on any atom is 0.226 e. The highest BCUT2D eigenvalue weighted by molar-refractivity contribution is 6.31. The Morgan fingerprint density at radius 3 is 2.39 bits per heavy atom. The molecular weight excluding hydrogens is 333 g/mol. The molecule has 1 fully saturated rings. The van der Waals surface area contributed by atoms with Crippen LogP contribution in [0, 0.1) is 5.92 Å². The maximum atomic E-state index is 6.06. The number of unbranched alkanes of at least 4 members (excludes halogenated alkanes) is 1. The lowest BCUT2D eigenvalue weighted by molar-refractivity contribution is -0.0259. The molecule has 23 heavy (non-hydrogen) atoms. The topological polar surface area (TPSA) is 53.9 Å². The summed E-state index contributed by atoms with van der Waals surface area (Å²) in [5, 5.41) is 4.04. The molecule has 2 heterocycles. The van der Waals surface area contributed by atoms with Gasteiger partial charge in [0.2, 0.25) is 10.6 Å². The third kappa shape index (κ3) is 3.63. The number of halogens is 2. The van der Waals surface area contributed by atoms with Crippen LogP contribution in [0.4, 0.5) is 0 Å². The van der Waals surface area contributed by atoms with Crippen LogP contribution in [-0.2, 0) is 5.54 Å². The molecule has 1 saturated heterocycles. The molecule has 1 aliphatic rings. The van der Waals surface area contributed by atoms with Crippen molar-refractivity contribution in [2.45, 2.75) is 58.0 Å². The van der Waals surface area contributed by atoms with E-state index in [-0.39, 0.29) is 27.6 Å². The molecule has 1 aliphatic heterocycles. The lowest BCUT2D eigenvalue weighted by Crippen LogP contribution is -2.65. The summed E-state index contributed by atoms with van der Waals surface area (Å²) in [6.07, 6.45) is 3.16. The number of aromatic nitrogens is 3. The Morgan fingerprint density at radius 1 is 1.22 bits per heavy atom. The predicted octanol–water partition coefficient (Wildman–Crippen LogP) is 3.51. The van der Waals surface area contributed by atoms with Gasteiger partial charge in [-0.25, -0.2) is 9.97 Å². The first-order chi connectivity index (χ1) is 10.7. The van der Waals surface area contributed by atoms with Crippen LogP contribution < -0.4 is 5.32 Å². The fraction of sp³-hybridized carbons (Fsp3) is 0.812. The third-order valence-corrected chi connectivity index (χ3v) is 5.91. The zero-order valence-corrected chi connectivity index (χ0v) is 16.2. The second-order valence-electron chi connectivity index (χ2n) is 7.00. The minimum Gasteiger partial charge on any atom is -0.304 e. The van der Waals surface area contributed by atoms with Crippen LogP contribution in [0.25, 0.3) is 0 Å². The van der Waals surface area contributed by atoms with Gasteiger partial charge in [0, 0.05) is 12.1 Å². The first-order valence-electron chi connectivity index (χ1n) is 8.28. The quantitative estimate of drug-likeness (QED) is 0.815. The second kappa shape index (κ2) is 7.18. The Bertz CT molecular complexity index is 531. The number of likely N-dealkylation sites (tertiary alicyclic amines) is 1. The van der Waals surface area contributed by atoms with Gasteiger partial charge in [0.25, 0.3) is 0 Å². The molecule has 0 aromatic carbocycles. The van der Waals surface area contributed by atoms with Gasteiger partial charge in [-0.15, -0.1) is 0 Å². The minimum atomic E-state index is -0.346. The summed E-state index contributed by atoms with van der Waals surface area (Å²) in [7, 11) is 2.17. The van der Waals surface area contributed by atoms with Gasteiger partial charge < -0.3 is 10.2 Å². The molecule has 0 radical (unpaired) electrons. The van der Waals surface area contributed by atoms with Gasteiger partial charge in [0.15, 0.2) is 5.82 Å². The average Bonchev–Trinajstić information content (AvgIpc) is 2.47. The molecule has 130 valence electrons. The standard InChI is InChI=1S/C16H27Cl2N5/c1-6-7-9-19-16(12-20-13(17)22-14(18)21-12)8-10-23(5)15(3,4)11(16)2/h11,19H,6-10H2,1-5H3. The van der Waals surface area contributed by atoms with Gasteiger partial charge in [-0.1, -0.05) is 20.3 Å². The van der Waals surface area contributed by atoms with E-state index in [4.69, 9.17) is 23.2 Å². The monoisotopic (exact) mass is 359 g/mol. The van der Waals surface area contributed by atoms with E-state index in [2.05, 4.69) is 59.9 Å². The van der Waals surface area contributed by atoms with Crippen LogP contribution in [0.2, 0.25) is 10.6 Å². The highest BCUT2D eigenvalue weighted by Gasteiger charge is 2.52. The van der Waals surface area contributed by atoms with Crippen LogP contribution in [0.5, 0.6) is 0 Å². The van der Waals surface area contributed by atoms with Crippen molar-refractivity contribution in [2.75, 3.05) is 20.1 Å². The molecule has 2 atom stereocenters. The summed E-state index contributed by atoms with van der Waals surface area (Å²) < 4.78 is 0. The molecule has 2 unspecified atom stereocenters. The summed E-state index contributed by atoms with van der Waals surface area (Å²) >= 11 is 12.1. The predicted molar refractivity (Wildman–Crippen MR) is 94.9 cm³/mol. The van der Waals surface area contributed by atoms with Gasteiger partial charge >= 0.3 is 0 Å². The van der Waals surface area contributed by atoms with Crippen molar-refractivity contribution >= 4 is 23.2 Å². The number of hydrogen-bond donors (Lipinski definition) is 1. The molecule has 1 aromatic heterocycles. The highest BCUT2D eigenvalue weighted by Crippen LogP contribution is 2.44. The summed E-state index contributed by atoms with van der Waals surface area (Å²) in [5.41, 5.74) is -0.343. The van der Waals surface area contributed by atoms with E-state index >= 15 is 0 Å². The van der Waals surface area contributed by atoms with Crippen molar-refractivity contribution in [3.8, 4) is 0 Å². The van der Waals surface area contributed by atoms with Crippen LogP contribution in [0.15, 0.2) is 0 Å². The van der Waals surface area contributed by atoms with E-state index in [0.717, 1.165) is 32.4 Å². The molecule has 1 aromatic rings. The Morgan fingerprint density at radius 2 is 1.83 bits per heavy atom. The normalized spacial score (nSPS) is 28.0. The van der Waals surface area contributed by atoms with Crippen LogP contribution in [0.3, 0.4) is 0 Å². The van der Waals surface area contributed by atoms with Gasteiger partial charge in [0.1, 0.15) is 0 Å². The molecule has 2 rings (SSSR count). The van der Waals surface area contributed by atoms with Crippen molar-refractivity contribution < 1.29 is 0 Å². The zero-order valence-electron chi connectivity index (χ0n) is 14.7. The Balaban J connectivity index is 2.48. The Hall–Kier alpha value is -0.490. The SMILES string of the molecule is CCCCNC1(c2nc(Cl)nc(Cl)n2)CCN(C)C(C)(C)C1C. The molecular formula is C16H27Cl2N5. The van der Waals surface area contributed by atoms with Crippen LogP contribution in [-0.4, -0.2) is 45.5 Å². The van der Waals surface area contributed by atoms with Gasteiger partial charge in [-0.2, -0.15) is 4.98 Å².